The molecule has 2 aromatic rings. The minimum absolute atomic E-state index is 0.791. The Kier molecular flexibility index (Phi) is 6.73. The van der Waals surface area contributed by atoms with Crippen molar-refractivity contribution in [3.05, 3.63) is 59.7 Å². The smallest absolute Gasteiger partial charge is 0.0162 e. The fourth-order valence-corrected chi connectivity index (χ4v) is 4.35. The van der Waals surface area contributed by atoms with E-state index in [-0.39, 0.29) is 0 Å². The molecule has 0 saturated heterocycles. The third-order valence-electron chi connectivity index (χ3n) is 6.14. The molecule has 1 aliphatic carbocycles. The summed E-state index contributed by atoms with van der Waals surface area (Å²) in [5, 5.41) is 0. The molecule has 0 unspecified atom stereocenters. The molecule has 3 rings (SSSR count). The summed E-state index contributed by atoms with van der Waals surface area (Å²) in [7, 11) is 0. The number of aryl methyl sites for hydroxylation is 1. The predicted molar refractivity (Wildman–Crippen MR) is 110 cm³/mol. The van der Waals surface area contributed by atoms with Crippen LogP contribution in [0.15, 0.2) is 48.5 Å². The number of benzene rings is 2. The maximum atomic E-state index is 2.38. The van der Waals surface area contributed by atoms with Crippen LogP contribution < -0.4 is 0 Å². The molecule has 2 aromatic carbocycles. The molecule has 0 nitrogen and oxygen atoms in total. The molecule has 0 aromatic heterocycles. The van der Waals surface area contributed by atoms with Gasteiger partial charge in [0.2, 0.25) is 0 Å². The van der Waals surface area contributed by atoms with Crippen LogP contribution in [0, 0.1) is 5.92 Å². The lowest BCUT2D eigenvalue weighted by molar-refractivity contribution is 0.303. The van der Waals surface area contributed by atoms with E-state index in [1.54, 1.807) is 5.56 Å². The Balaban J connectivity index is 1.56. The van der Waals surface area contributed by atoms with E-state index in [2.05, 4.69) is 62.4 Å². The Morgan fingerprint density at radius 2 is 1.32 bits per heavy atom. The molecule has 1 saturated carbocycles. The van der Waals surface area contributed by atoms with Gasteiger partial charge in [-0.3, -0.25) is 0 Å². The first kappa shape index (κ1) is 18.2. The molecule has 134 valence electrons. The monoisotopic (exact) mass is 334 g/mol. The standard InChI is InChI=1S/C25H34/c1-3-5-6-7-21-10-14-23(15-11-21)25-18-16-24(17-19-25)22-12-8-20(4-2)9-13-22/h8-9,12-13,16-19,21,23H,3-7,10-11,14-15H2,1-2H3/t21-,23-. The van der Waals surface area contributed by atoms with Gasteiger partial charge in [0.15, 0.2) is 0 Å². The summed E-state index contributed by atoms with van der Waals surface area (Å²) in [5.74, 6) is 1.79. The maximum absolute atomic E-state index is 2.38. The quantitative estimate of drug-likeness (QED) is 0.454. The Hall–Kier alpha value is -1.56. The molecule has 0 aliphatic heterocycles. The molecule has 0 bridgehead atoms. The summed E-state index contributed by atoms with van der Waals surface area (Å²) in [4.78, 5) is 0. The van der Waals surface area contributed by atoms with Gasteiger partial charge >= 0.3 is 0 Å². The molecule has 0 spiro atoms. The lowest BCUT2D eigenvalue weighted by atomic mass is 9.77. The van der Waals surface area contributed by atoms with Crippen molar-refractivity contribution in [2.24, 2.45) is 5.92 Å². The summed E-state index contributed by atoms with van der Waals surface area (Å²) in [6.45, 7) is 4.51. The van der Waals surface area contributed by atoms with Crippen LogP contribution >= 0.6 is 0 Å². The highest BCUT2D eigenvalue weighted by molar-refractivity contribution is 5.64. The van der Waals surface area contributed by atoms with E-state index in [0.29, 0.717) is 0 Å². The number of unbranched alkanes of at least 4 members (excludes halogenated alkanes) is 2. The number of rotatable bonds is 7. The van der Waals surface area contributed by atoms with E-state index in [0.717, 1.165) is 18.3 Å². The second kappa shape index (κ2) is 9.22. The van der Waals surface area contributed by atoms with Crippen molar-refractivity contribution in [3.8, 4) is 11.1 Å². The van der Waals surface area contributed by atoms with Gasteiger partial charge in [-0.1, -0.05) is 88.1 Å². The zero-order valence-electron chi connectivity index (χ0n) is 16.1. The Labute approximate surface area is 154 Å². The number of hydrogen-bond donors (Lipinski definition) is 0. The lowest BCUT2D eigenvalue weighted by Gasteiger charge is -2.29. The van der Waals surface area contributed by atoms with Crippen LogP contribution in [0.3, 0.4) is 0 Å². The molecule has 25 heavy (non-hydrogen) atoms. The molecule has 1 aliphatic rings. The van der Waals surface area contributed by atoms with Crippen molar-refractivity contribution >= 4 is 0 Å². The molecule has 0 heterocycles. The third kappa shape index (κ3) is 4.97. The molecule has 0 atom stereocenters. The van der Waals surface area contributed by atoms with Crippen molar-refractivity contribution in [1.29, 1.82) is 0 Å². The van der Waals surface area contributed by atoms with Crippen LogP contribution in [0.25, 0.3) is 11.1 Å². The SMILES string of the molecule is CCCCC[C@H]1CC[C@H](c2ccc(-c3ccc(CC)cc3)cc2)CC1. The van der Waals surface area contributed by atoms with Crippen molar-refractivity contribution in [1.82, 2.24) is 0 Å². The van der Waals surface area contributed by atoms with Gasteiger partial charge in [0.25, 0.3) is 0 Å². The van der Waals surface area contributed by atoms with Gasteiger partial charge in [-0.15, -0.1) is 0 Å². The van der Waals surface area contributed by atoms with Crippen molar-refractivity contribution in [3.63, 3.8) is 0 Å². The molecule has 0 amide bonds. The second-order valence-electron chi connectivity index (χ2n) is 7.89. The summed E-state index contributed by atoms with van der Waals surface area (Å²) in [6, 6.07) is 18.4. The molecule has 0 N–H and O–H groups in total. The van der Waals surface area contributed by atoms with Crippen molar-refractivity contribution in [2.45, 2.75) is 77.6 Å². The highest BCUT2D eigenvalue weighted by Gasteiger charge is 2.21. The van der Waals surface area contributed by atoms with Crippen LogP contribution in [0.4, 0.5) is 0 Å². The zero-order chi connectivity index (χ0) is 17.5. The van der Waals surface area contributed by atoms with E-state index in [9.17, 15) is 0 Å². The van der Waals surface area contributed by atoms with Gasteiger partial charge in [-0.25, -0.2) is 0 Å². The number of hydrogen-bond acceptors (Lipinski definition) is 0. The summed E-state index contributed by atoms with van der Waals surface area (Å²) in [6.07, 6.45) is 12.4. The summed E-state index contributed by atoms with van der Waals surface area (Å²) in [5.41, 5.74) is 5.65. The average Bonchev–Trinajstić information content (AvgIpc) is 2.69. The van der Waals surface area contributed by atoms with E-state index in [4.69, 9.17) is 0 Å². The largest absolute Gasteiger partial charge is 0.0654 e. The van der Waals surface area contributed by atoms with E-state index in [1.165, 1.54) is 68.1 Å². The van der Waals surface area contributed by atoms with E-state index < -0.39 is 0 Å². The Bertz CT molecular complexity index is 612. The summed E-state index contributed by atoms with van der Waals surface area (Å²) < 4.78 is 0. The molecular formula is C25H34. The first-order valence-electron chi connectivity index (χ1n) is 10.5. The average molecular weight is 335 g/mol. The zero-order valence-corrected chi connectivity index (χ0v) is 16.1. The van der Waals surface area contributed by atoms with Gasteiger partial charge in [-0.05, 0) is 66.2 Å². The first-order chi connectivity index (χ1) is 12.3. The van der Waals surface area contributed by atoms with Crippen LogP contribution in [0.2, 0.25) is 0 Å². The molecule has 0 radical (unpaired) electrons. The minimum atomic E-state index is 0.791. The lowest BCUT2D eigenvalue weighted by Crippen LogP contribution is -2.13. The van der Waals surface area contributed by atoms with Gasteiger partial charge in [0.05, 0.1) is 0 Å². The topological polar surface area (TPSA) is 0 Å². The second-order valence-corrected chi connectivity index (χ2v) is 7.89. The van der Waals surface area contributed by atoms with E-state index >= 15 is 0 Å². The van der Waals surface area contributed by atoms with Gasteiger partial charge in [-0.2, -0.15) is 0 Å². The molecule has 0 heteroatoms. The Morgan fingerprint density at radius 3 is 1.88 bits per heavy atom. The van der Waals surface area contributed by atoms with Crippen LogP contribution in [-0.2, 0) is 6.42 Å². The van der Waals surface area contributed by atoms with Crippen molar-refractivity contribution in [2.75, 3.05) is 0 Å². The third-order valence-corrected chi connectivity index (χ3v) is 6.14. The van der Waals surface area contributed by atoms with Gasteiger partial charge in [0.1, 0.15) is 0 Å². The minimum Gasteiger partial charge on any atom is -0.0654 e. The normalized spacial score (nSPS) is 20.6. The highest BCUT2D eigenvalue weighted by atomic mass is 14.3. The molecular weight excluding hydrogens is 300 g/mol. The van der Waals surface area contributed by atoms with Crippen molar-refractivity contribution < 1.29 is 0 Å². The fraction of sp³-hybridized carbons (Fsp3) is 0.520. The molecule has 1 fully saturated rings. The highest BCUT2D eigenvalue weighted by Crippen LogP contribution is 2.38. The summed E-state index contributed by atoms with van der Waals surface area (Å²) >= 11 is 0. The van der Waals surface area contributed by atoms with Crippen LogP contribution in [-0.4, -0.2) is 0 Å². The van der Waals surface area contributed by atoms with Crippen LogP contribution in [0.5, 0.6) is 0 Å². The maximum Gasteiger partial charge on any atom is -0.0162 e. The predicted octanol–water partition coefficient (Wildman–Crippen LogP) is 7.77. The van der Waals surface area contributed by atoms with E-state index in [1.807, 2.05) is 0 Å². The van der Waals surface area contributed by atoms with Crippen LogP contribution in [0.1, 0.15) is 82.3 Å². The van der Waals surface area contributed by atoms with Gasteiger partial charge in [0, 0.05) is 0 Å². The first-order valence-corrected chi connectivity index (χ1v) is 10.5. The Morgan fingerprint density at radius 1 is 0.720 bits per heavy atom. The fourth-order valence-electron chi connectivity index (χ4n) is 4.35. The van der Waals surface area contributed by atoms with Gasteiger partial charge < -0.3 is 0 Å².